The Balaban J connectivity index is 0.00000200. The molecule has 1 amide bonds. The third kappa shape index (κ3) is 5.09. The van der Waals surface area contributed by atoms with Crippen molar-refractivity contribution in [2.24, 2.45) is 5.41 Å². The van der Waals surface area contributed by atoms with Crippen LogP contribution in [-0.2, 0) is 0 Å². The standard InChI is InChI=1S/C14H23N3OS.2ClH/c1-9-12(19-10(2)17-9)13(18)16-8-11-14(3,4)6-5-7-15-11;;/h11,15H,5-8H2,1-4H3,(H,16,18);2*1H. The van der Waals surface area contributed by atoms with E-state index in [1.54, 1.807) is 0 Å². The lowest BCUT2D eigenvalue weighted by molar-refractivity contribution is 0.0932. The quantitative estimate of drug-likeness (QED) is 0.877. The number of halogens is 2. The Kier molecular flexibility index (Phi) is 8.18. The van der Waals surface area contributed by atoms with Gasteiger partial charge in [0.15, 0.2) is 0 Å². The third-order valence-corrected chi connectivity index (χ3v) is 4.98. The lowest BCUT2D eigenvalue weighted by atomic mass is 9.77. The van der Waals surface area contributed by atoms with E-state index < -0.39 is 0 Å². The van der Waals surface area contributed by atoms with Gasteiger partial charge in [-0.15, -0.1) is 36.2 Å². The second kappa shape index (κ2) is 8.32. The molecule has 122 valence electrons. The zero-order valence-corrected chi connectivity index (χ0v) is 15.4. The van der Waals surface area contributed by atoms with E-state index >= 15 is 0 Å². The molecule has 1 atom stereocenters. The van der Waals surface area contributed by atoms with Gasteiger partial charge in [-0.1, -0.05) is 13.8 Å². The molecular formula is C14H25Cl2N3OS. The fourth-order valence-corrected chi connectivity index (χ4v) is 3.47. The Hall–Kier alpha value is -0.360. The van der Waals surface area contributed by atoms with E-state index in [0.29, 0.717) is 12.6 Å². The minimum atomic E-state index is 0. The molecule has 1 unspecified atom stereocenters. The van der Waals surface area contributed by atoms with Crippen LogP contribution in [0.2, 0.25) is 0 Å². The van der Waals surface area contributed by atoms with Crippen LogP contribution in [0.3, 0.4) is 0 Å². The summed E-state index contributed by atoms with van der Waals surface area (Å²) in [6, 6.07) is 0.347. The van der Waals surface area contributed by atoms with Crippen LogP contribution in [0.1, 0.15) is 47.1 Å². The van der Waals surface area contributed by atoms with Gasteiger partial charge >= 0.3 is 0 Å². The summed E-state index contributed by atoms with van der Waals surface area (Å²) in [4.78, 5) is 17.2. The molecule has 1 saturated heterocycles. The van der Waals surface area contributed by atoms with Gasteiger partial charge in [0.2, 0.25) is 0 Å². The molecule has 1 fully saturated rings. The smallest absolute Gasteiger partial charge is 0.263 e. The van der Waals surface area contributed by atoms with Gasteiger partial charge in [-0.05, 0) is 38.6 Å². The number of aryl methyl sites for hydroxylation is 2. The Morgan fingerprint density at radius 2 is 2.10 bits per heavy atom. The monoisotopic (exact) mass is 353 g/mol. The highest BCUT2D eigenvalue weighted by Crippen LogP contribution is 2.29. The van der Waals surface area contributed by atoms with Crippen LogP contribution in [0.4, 0.5) is 0 Å². The van der Waals surface area contributed by atoms with Crippen molar-refractivity contribution in [2.45, 2.75) is 46.6 Å². The van der Waals surface area contributed by atoms with E-state index in [1.165, 1.54) is 24.2 Å². The molecule has 0 spiro atoms. The summed E-state index contributed by atoms with van der Waals surface area (Å²) in [7, 11) is 0. The molecule has 2 heterocycles. The van der Waals surface area contributed by atoms with Crippen molar-refractivity contribution in [2.75, 3.05) is 13.1 Å². The lowest BCUT2D eigenvalue weighted by Crippen LogP contribution is -2.52. The summed E-state index contributed by atoms with van der Waals surface area (Å²) in [6.07, 6.45) is 2.42. The molecule has 1 aromatic heterocycles. The molecule has 2 N–H and O–H groups in total. The zero-order valence-electron chi connectivity index (χ0n) is 13.0. The molecule has 21 heavy (non-hydrogen) atoms. The molecular weight excluding hydrogens is 329 g/mol. The topological polar surface area (TPSA) is 54.0 Å². The SMILES string of the molecule is Cc1nc(C)c(C(=O)NCC2NCCCC2(C)C)s1.Cl.Cl. The number of hydrogen-bond acceptors (Lipinski definition) is 4. The number of carbonyl (C=O) groups excluding carboxylic acids is 1. The average Bonchev–Trinajstić information content (AvgIpc) is 2.66. The van der Waals surface area contributed by atoms with Crippen LogP contribution in [0, 0.1) is 19.3 Å². The second-order valence-corrected chi connectivity index (χ2v) is 7.16. The largest absolute Gasteiger partial charge is 0.350 e. The normalized spacial score (nSPS) is 20.1. The highest BCUT2D eigenvalue weighted by molar-refractivity contribution is 7.13. The number of carbonyl (C=O) groups is 1. The first-order chi connectivity index (χ1) is 8.90. The van der Waals surface area contributed by atoms with Gasteiger partial charge in [0.25, 0.3) is 5.91 Å². The predicted octanol–water partition coefficient (Wildman–Crippen LogP) is 3.11. The van der Waals surface area contributed by atoms with Gasteiger partial charge in [0, 0.05) is 12.6 Å². The molecule has 2 rings (SSSR count). The Morgan fingerprint density at radius 3 is 2.62 bits per heavy atom. The summed E-state index contributed by atoms with van der Waals surface area (Å²) in [5.41, 5.74) is 1.07. The van der Waals surface area contributed by atoms with Crippen molar-refractivity contribution in [1.82, 2.24) is 15.6 Å². The first-order valence-electron chi connectivity index (χ1n) is 6.86. The minimum absolute atomic E-state index is 0. The number of nitrogens with zero attached hydrogens (tertiary/aromatic N) is 1. The van der Waals surface area contributed by atoms with E-state index in [2.05, 4.69) is 29.5 Å². The van der Waals surface area contributed by atoms with E-state index in [0.717, 1.165) is 22.1 Å². The van der Waals surface area contributed by atoms with E-state index in [-0.39, 0.29) is 36.1 Å². The first kappa shape index (κ1) is 20.6. The average molecular weight is 354 g/mol. The summed E-state index contributed by atoms with van der Waals surface area (Å²) >= 11 is 1.47. The summed E-state index contributed by atoms with van der Waals surface area (Å²) in [5, 5.41) is 7.50. The zero-order chi connectivity index (χ0) is 14.0. The highest BCUT2D eigenvalue weighted by atomic mass is 35.5. The number of aromatic nitrogens is 1. The number of piperidine rings is 1. The van der Waals surface area contributed by atoms with Crippen molar-refractivity contribution in [3.63, 3.8) is 0 Å². The highest BCUT2D eigenvalue weighted by Gasteiger charge is 2.32. The minimum Gasteiger partial charge on any atom is -0.350 e. The van der Waals surface area contributed by atoms with Crippen LogP contribution in [-0.4, -0.2) is 30.0 Å². The number of hydrogen-bond donors (Lipinski definition) is 2. The number of amides is 1. The van der Waals surface area contributed by atoms with E-state index in [1.807, 2.05) is 13.8 Å². The molecule has 0 saturated carbocycles. The van der Waals surface area contributed by atoms with E-state index in [9.17, 15) is 4.79 Å². The van der Waals surface area contributed by atoms with Crippen LogP contribution in [0.25, 0.3) is 0 Å². The van der Waals surface area contributed by atoms with Crippen molar-refractivity contribution in [1.29, 1.82) is 0 Å². The molecule has 1 aliphatic rings. The molecule has 0 aromatic carbocycles. The molecule has 0 bridgehead atoms. The van der Waals surface area contributed by atoms with Gasteiger partial charge in [0.1, 0.15) is 4.88 Å². The lowest BCUT2D eigenvalue weighted by Gasteiger charge is -2.39. The fourth-order valence-electron chi connectivity index (χ4n) is 2.64. The van der Waals surface area contributed by atoms with Crippen molar-refractivity contribution < 1.29 is 4.79 Å². The molecule has 7 heteroatoms. The summed E-state index contributed by atoms with van der Waals surface area (Å²) in [6.45, 7) is 10.1. The van der Waals surface area contributed by atoms with Crippen LogP contribution in [0.5, 0.6) is 0 Å². The Bertz CT molecular complexity index is 477. The van der Waals surface area contributed by atoms with Gasteiger partial charge < -0.3 is 10.6 Å². The maximum atomic E-state index is 12.2. The Morgan fingerprint density at radius 1 is 1.43 bits per heavy atom. The van der Waals surface area contributed by atoms with Gasteiger partial charge in [-0.2, -0.15) is 0 Å². The first-order valence-corrected chi connectivity index (χ1v) is 7.67. The molecule has 4 nitrogen and oxygen atoms in total. The third-order valence-electron chi connectivity index (χ3n) is 3.91. The van der Waals surface area contributed by atoms with E-state index in [4.69, 9.17) is 0 Å². The Labute approximate surface area is 143 Å². The molecule has 1 aromatic rings. The van der Waals surface area contributed by atoms with Crippen LogP contribution >= 0.6 is 36.2 Å². The maximum absolute atomic E-state index is 12.2. The van der Waals surface area contributed by atoms with Gasteiger partial charge in [-0.25, -0.2) is 4.98 Å². The van der Waals surface area contributed by atoms with Crippen LogP contribution < -0.4 is 10.6 Å². The predicted molar refractivity (Wildman–Crippen MR) is 93.2 cm³/mol. The molecule has 0 aliphatic carbocycles. The van der Waals surface area contributed by atoms with Crippen molar-refractivity contribution in [3.05, 3.63) is 15.6 Å². The van der Waals surface area contributed by atoms with Gasteiger partial charge in [0.05, 0.1) is 10.7 Å². The number of thiazole rings is 1. The maximum Gasteiger partial charge on any atom is 0.263 e. The number of nitrogens with one attached hydrogen (secondary N) is 2. The summed E-state index contributed by atoms with van der Waals surface area (Å²) in [5.74, 6) is 0.00581. The summed E-state index contributed by atoms with van der Waals surface area (Å²) < 4.78 is 0. The van der Waals surface area contributed by atoms with Crippen molar-refractivity contribution >= 4 is 42.1 Å². The van der Waals surface area contributed by atoms with Crippen molar-refractivity contribution in [3.8, 4) is 0 Å². The number of rotatable bonds is 3. The molecule has 0 radical (unpaired) electrons. The van der Waals surface area contributed by atoms with Crippen LogP contribution in [0.15, 0.2) is 0 Å². The molecule has 1 aliphatic heterocycles. The fraction of sp³-hybridized carbons (Fsp3) is 0.714. The second-order valence-electron chi connectivity index (χ2n) is 5.96. The van der Waals surface area contributed by atoms with Gasteiger partial charge in [-0.3, -0.25) is 4.79 Å².